The summed E-state index contributed by atoms with van der Waals surface area (Å²) in [5, 5.41) is 1.21. The highest BCUT2D eigenvalue weighted by Crippen LogP contribution is 2.32. The molecule has 0 fully saturated rings. The van der Waals surface area contributed by atoms with Gasteiger partial charge in [-0.2, -0.15) is 0 Å². The quantitative estimate of drug-likeness (QED) is 0.854. The second-order valence-corrected chi connectivity index (χ2v) is 6.06. The van der Waals surface area contributed by atoms with E-state index in [0.29, 0.717) is 16.6 Å². The lowest BCUT2D eigenvalue weighted by atomic mass is 9.91. The highest BCUT2D eigenvalue weighted by molar-refractivity contribution is 6.42. The number of nitrogens with two attached hydrogens (primary N) is 1. The molecule has 2 N–H and O–H groups in total. The molecule has 0 aromatic heterocycles. The van der Waals surface area contributed by atoms with Gasteiger partial charge in [0.2, 0.25) is 0 Å². The lowest BCUT2D eigenvalue weighted by Gasteiger charge is -2.18. The molecule has 0 radical (unpaired) electrons. The minimum atomic E-state index is 0.183. The molecule has 1 unspecified atom stereocenters. The molecule has 0 aliphatic rings. The van der Waals surface area contributed by atoms with Crippen molar-refractivity contribution in [3.8, 4) is 0 Å². The van der Waals surface area contributed by atoms with Gasteiger partial charge in [-0.1, -0.05) is 64.7 Å². The third kappa shape index (κ3) is 3.54. The van der Waals surface area contributed by atoms with E-state index in [1.54, 1.807) is 6.07 Å². The molecular formula is C17H19Cl2N. The van der Waals surface area contributed by atoms with E-state index in [4.69, 9.17) is 28.9 Å². The number of halogens is 2. The first-order chi connectivity index (χ1) is 9.51. The van der Waals surface area contributed by atoms with Gasteiger partial charge in [0.05, 0.1) is 10.0 Å². The Kier molecular flexibility index (Phi) is 5.09. The van der Waals surface area contributed by atoms with Crippen LogP contribution in [0, 0.1) is 13.8 Å². The van der Waals surface area contributed by atoms with Gasteiger partial charge in [0, 0.05) is 5.92 Å². The molecule has 3 heteroatoms. The Balaban J connectivity index is 2.31. The summed E-state index contributed by atoms with van der Waals surface area (Å²) in [7, 11) is 0. The van der Waals surface area contributed by atoms with Crippen LogP contribution in [0.15, 0.2) is 36.4 Å². The van der Waals surface area contributed by atoms with Crippen LogP contribution >= 0.6 is 23.2 Å². The fourth-order valence-corrected chi connectivity index (χ4v) is 3.09. The molecule has 106 valence electrons. The predicted molar refractivity (Wildman–Crippen MR) is 87.9 cm³/mol. The van der Waals surface area contributed by atoms with Crippen molar-refractivity contribution in [2.45, 2.75) is 26.2 Å². The van der Waals surface area contributed by atoms with Gasteiger partial charge < -0.3 is 5.73 Å². The van der Waals surface area contributed by atoms with Crippen LogP contribution in [0.25, 0.3) is 0 Å². The Morgan fingerprint density at radius 1 is 1.05 bits per heavy atom. The number of benzene rings is 2. The molecule has 0 heterocycles. The molecule has 0 saturated heterocycles. The smallest absolute Gasteiger partial charge is 0.0627 e. The van der Waals surface area contributed by atoms with Crippen LogP contribution in [-0.2, 0) is 6.42 Å². The van der Waals surface area contributed by atoms with Gasteiger partial charge in [0.15, 0.2) is 0 Å². The van der Waals surface area contributed by atoms with Crippen molar-refractivity contribution < 1.29 is 0 Å². The molecule has 0 saturated carbocycles. The summed E-state index contributed by atoms with van der Waals surface area (Å²) >= 11 is 12.4. The summed E-state index contributed by atoms with van der Waals surface area (Å²) in [4.78, 5) is 0. The fourth-order valence-electron chi connectivity index (χ4n) is 2.63. The third-order valence-corrected chi connectivity index (χ3v) is 4.30. The maximum atomic E-state index is 6.31. The largest absolute Gasteiger partial charge is 0.330 e. The maximum Gasteiger partial charge on any atom is 0.0627 e. The van der Waals surface area contributed by atoms with Crippen LogP contribution in [0.5, 0.6) is 0 Å². The van der Waals surface area contributed by atoms with E-state index in [1.165, 1.54) is 16.7 Å². The molecule has 0 amide bonds. The zero-order chi connectivity index (χ0) is 14.7. The molecule has 0 aliphatic carbocycles. The predicted octanol–water partition coefficient (Wildman–Crippen LogP) is 4.90. The SMILES string of the molecule is Cc1cc(C)cc(CC(CN)c2cccc(Cl)c2Cl)c1. The average Bonchev–Trinajstić information content (AvgIpc) is 2.38. The molecule has 0 aliphatic heterocycles. The third-order valence-electron chi connectivity index (χ3n) is 3.47. The summed E-state index contributed by atoms with van der Waals surface area (Å²) in [6.45, 7) is 4.77. The van der Waals surface area contributed by atoms with Crippen molar-refractivity contribution in [1.82, 2.24) is 0 Å². The van der Waals surface area contributed by atoms with E-state index in [2.05, 4.69) is 32.0 Å². The molecule has 0 spiro atoms. The van der Waals surface area contributed by atoms with E-state index in [1.807, 2.05) is 12.1 Å². The fraction of sp³-hybridized carbons (Fsp3) is 0.294. The first-order valence-corrected chi connectivity index (χ1v) is 7.48. The van der Waals surface area contributed by atoms with Gasteiger partial charge in [-0.15, -0.1) is 0 Å². The minimum absolute atomic E-state index is 0.183. The van der Waals surface area contributed by atoms with Crippen molar-refractivity contribution >= 4 is 23.2 Å². The lowest BCUT2D eigenvalue weighted by molar-refractivity contribution is 0.694. The molecular weight excluding hydrogens is 289 g/mol. The van der Waals surface area contributed by atoms with E-state index < -0.39 is 0 Å². The van der Waals surface area contributed by atoms with Crippen LogP contribution < -0.4 is 5.73 Å². The first kappa shape index (κ1) is 15.4. The molecule has 2 aromatic rings. The molecule has 1 nitrogen and oxygen atoms in total. The minimum Gasteiger partial charge on any atom is -0.330 e. The van der Waals surface area contributed by atoms with Gasteiger partial charge in [0.1, 0.15) is 0 Å². The highest BCUT2D eigenvalue weighted by atomic mass is 35.5. The topological polar surface area (TPSA) is 26.0 Å². The summed E-state index contributed by atoms with van der Waals surface area (Å²) in [6, 6.07) is 12.3. The van der Waals surface area contributed by atoms with Gasteiger partial charge >= 0.3 is 0 Å². The monoisotopic (exact) mass is 307 g/mol. The zero-order valence-electron chi connectivity index (χ0n) is 11.8. The second-order valence-electron chi connectivity index (χ2n) is 5.28. The Hall–Kier alpha value is -1.02. The van der Waals surface area contributed by atoms with E-state index in [-0.39, 0.29) is 5.92 Å². The molecule has 2 rings (SSSR count). The summed E-state index contributed by atoms with van der Waals surface area (Å²) in [5.41, 5.74) is 10.8. The second kappa shape index (κ2) is 6.62. The standard InChI is InChI=1S/C17H19Cl2N/c1-11-6-12(2)8-13(7-11)9-14(10-20)15-4-3-5-16(18)17(15)19/h3-8,14H,9-10,20H2,1-2H3. The average molecular weight is 308 g/mol. The number of rotatable bonds is 4. The summed E-state index contributed by atoms with van der Waals surface area (Å²) in [5.74, 6) is 0.183. The van der Waals surface area contributed by atoms with Crippen LogP contribution in [0.1, 0.15) is 28.2 Å². The van der Waals surface area contributed by atoms with Gasteiger partial charge in [-0.05, 0) is 44.0 Å². The van der Waals surface area contributed by atoms with Gasteiger partial charge in [-0.3, -0.25) is 0 Å². The van der Waals surface area contributed by atoms with Gasteiger partial charge in [-0.25, -0.2) is 0 Å². The van der Waals surface area contributed by atoms with Crippen molar-refractivity contribution in [1.29, 1.82) is 0 Å². The van der Waals surface area contributed by atoms with Crippen molar-refractivity contribution in [2.24, 2.45) is 5.73 Å². The van der Waals surface area contributed by atoms with E-state index >= 15 is 0 Å². The molecule has 0 bridgehead atoms. The lowest BCUT2D eigenvalue weighted by Crippen LogP contribution is -2.15. The molecule has 20 heavy (non-hydrogen) atoms. The number of aryl methyl sites for hydroxylation is 2. The van der Waals surface area contributed by atoms with Crippen molar-refractivity contribution in [2.75, 3.05) is 6.54 Å². The number of hydrogen-bond acceptors (Lipinski definition) is 1. The summed E-state index contributed by atoms with van der Waals surface area (Å²) in [6.07, 6.45) is 0.874. The zero-order valence-corrected chi connectivity index (χ0v) is 13.3. The Morgan fingerprint density at radius 2 is 1.70 bits per heavy atom. The molecule has 1 atom stereocenters. The highest BCUT2D eigenvalue weighted by Gasteiger charge is 2.16. The Morgan fingerprint density at radius 3 is 2.30 bits per heavy atom. The van der Waals surface area contributed by atoms with Gasteiger partial charge in [0.25, 0.3) is 0 Å². The van der Waals surface area contributed by atoms with E-state index in [9.17, 15) is 0 Å². The summed E-state index contributed by atoms with van der Waals surface area (Å²) < 4.78 is 0. The Labute approximate surface area is 130 Å². The first-order valence-electron chi connectivity index (χ1n) is 6.72. The number of hydrogen-bond donors (Lipinski definition) is 1. The van der Waals surface area contributed by atoms with Crippen LogP contribution in [-0.4, -0.2) is 6.54 Å². The van der Waals surface area contributed by atoms with Crippen LogP contribution in [0.3, 0.4) is 0 Å². The van der Waals surface area contributed by atoms with E-state index in [0.717, 1.165) is 12.0 Å². The van der Waals surface area contributed by atoms with Crippen molar-refractivity contribution in [3.05, 3.63) is 68.7 Å². The maximum absolute atomic E-state index is 6.31. The van der Waals surface area contributed by atoms with Crippen molar-refractivity contribution in [3.63, 3.8) is 0 Å². The molecule has 2 aromatic carbocycles. The van der Waals surface area contributed by atoms with Crippen LogP contribution in [0.4, 0.5) is 0 Å². The Bertz CT molecular complexity index is 588. The van der Waals surface area contributed by atoms with Crippen LogP contribution in [0.2, 0.25) is 10.0 Å². The normalized spacial score (nSPS) is 12.4.